The molecule has 0 amide bonds. The summed E-state index contributed by atoms with van der Waals surface area (Å²) in [6, 6.07) is 0. The summed E-state index contributed by atoms with van der Waals surface area (Å²) >= 11 is 0. The van der Waals surface area contributed by atoms with Crippen molar-refractivity contribution in [1.29, 1.82) is 0 Å². The maximum Gasteiger partial charge on any atom is 0.199 e. The second-order valence-corrected chi connectivity index (χ2v) is 3.85. The predicted molar refractivity (Wildman–Crippen MR) is 58.6 cm³/mol. The fourth-order valence-electron chi connectivity index (χ4n) is 1.26. The molecule has 2 atom stereocenters. The van der Waals surface area contributed by atoms with Gasteiger partial charge in [-0.25, -0.2) is 8.78 Å². The Labute approximate surface area is 94.7 Å². The highest BCUT2D eigenvalue weighted by atomic mass is 19.2. The zero-order chi connectivity index (χ0) is 12.7. The molecule has 94 valence electrons. The Hall–Kier alpha value is -0.970. The molecule has 0 aromatic rings. The van der Waals surface area contributed by atoms with Gasteiger partial charge in [-0.3, -0.25) is 4.79 Å². The maximum absolute atomic E-state index is 13.4. The lowest BCUT2D eigenvalue weighted by Crippen LogP contribution is -2.30. The fraction of sp³-hybridized carbons (Fsp3) is 0.727. The zero-order valence-corrected chi connectivity index (χ0v) is 9.91. The number of nitrogens with zero attached hydrogens (tertiary/aromatic N) is 1. The highest BCUT2D eigenvalue weighted by molar-refractivity contribution is 5.99. The Morgan fingerprint density at radius 2 is 2.00 bits per heavy atom. The molecule has 2 unspecified atom stereocenters. The molecule has 0 fully saturated rings. The van der Waals surface area contributed by atoms with E-state index in [1.807, 2.05) is 0 Å². The number of rotatable bonds is 7. The topological polar surface area (TPSA) is 40.5 Å². The highest BCUT2D eigenvalue weighted by Gasteiger charge is 2.29. The standard InChI is InChI=1S/C11H19F2NO2/c1-4-5-9(12)10(13)11(16)8(7-15)6-14(2)3/h6,9-10,15H,4-5,7H2,1-3H3/b8-6+. The number of carbonyl (C=O) groups is 1. The third kappa shape index (κ3) is 4.70. The number of ketones is 1. The van der Waals surface area contributed by atoms with Gasteiger partial charge in [0, 0.05) is 25.9 Å². The lowest BCUT2D eigenvalue weighted by atomic mass is 10.0. The maximum atomic E-state index is 13.4. The van der Waals surface area contributed by atoms with E-state index < -0.39 is 24.7 Å². The molecule has 16 heavy (non-hydrogen) atoms. The Bertz CT molecular complexity index is 254. The number of carbonyl (C=O) groups excluding carboxylic acids is 1. The van der Waals surface area contributed by atoms with Gasteiger partial charge in [-0.2, -0.15) is 0 Å². The van der Waals surface area contributed by atoms with Gasteiger partial charge in [0.15, 0.2) is 12.0 Å². The third-order valence-electron chi connectivity index (χ3n) is 2.03. The van der Waals surface area contributed by atoms with Crippen molar-refractivity contribution >= 4 is 5.78 Å². The Morgan fingerprint density at radius 3 is 2.38 bits per heavy atom. The minimum Gasteiger partial charge on any atom is -0.391 e. The first kappa shape index (κ1) is 15.0. The molecule has 0 heterocycles. The van der Waals surface area contributed by atoms with Crippen molar-refractivity contribution in [3.63, 3.8) is 0 Å². The van der Waals surface area contributed by atoms with Gasteiger partial charge in [0.25, 0.3) is 0 Å². The summed E-state index contributed by atoms with van der Waals surface area (Å²) < 4.78 is 26.5. The van der Waals surface area contributed by atoms with Crippen LogP contribution >= 0.6 is 0 Å². The number of alkyl halides is 2. The van der Waals surface area contributed by atoms with Crippen LogP contribution in [0.3, 0.4) is 0 Å². The highest BCUT2D eigenvalue weighted by Crippen LogP contribution is 2.15. The molecule has 0 saturated heterocycles. The number of aliphatic hydroxyl groups is 1. The first-order chi connectivity index (χ1) is 7.43. The van der Waals surface area contributed by atoms with Crippen molar-refractivity contribution in [1.82, 2.24) is 4.90 Å². The van der Waals surface area contributed by atoms with E-state index in [0.717, 1.165) is 0 Å². The number of Topliss-reactive ketones (excluding diaryl/α,β-unsaturated/α-hetero) is 1. The quantitative estimate of drug-likeness (QED) is 0.679. The Balaban J connectivity index is 4.62. The van der Waals surface area contributed by atoms with E-state index in [1.54, 1.807) is 21.0 Å². The normalized spacial score (nSPS) is 15.8. The molecule has 1 N–H and O–H groups in total. The number of aliphatic hydroxyl groups excluding tert-OH is 1. The lowest BCUT2D eigenvalue weighted by Gasteiger charge is -2.14. The van der Waals surface area contributed by atoms with Gasteiger partial charge in [0.05, 0.1) is 6.61 Å². The average Bonchev–Trinajstić information content (AvgIpc) is 2.23. The first-order valence-corrected chi connectivity index (χ1v) is 5.24. The van der Waals surface area contributed by atoms with E-state index >= 15 is 0 Å². The van der Waals surface area contributed by atoms with Crippen molar-refractivity contribution in [2.75, 3.05) is 20.7 Å². The van der Waals surface area contributed by atoms with E-state index in [0.29, 0.717) is 6.42 Å². The molecular formula is C11H19F2NO2. The van der Waals surface area contributed by atoms with Crippen LogP contribution in [0.25, 0.3) is 0 Å². The lowest BCUT2D eigenvalue weighted by molar-refractivity contribution is -0.122. The summed E-state index contributed by atoms with van der Waals surface area (Å²) in [7, 11) is 3.27. The van der Waals surface area contributed by atoms with Gasteiger partial charge < -0.3 is 10.0 Å². The summed E-state index contributed by atoms with van der Waals surface area (Å²) in [5.74, 6) is -0.975. The zero-order valence-electron chi connectivity index (χ0n) is 9.91. The second kappa shape index (κ2) is 7.33. The van der Waals surface area contributed by atoms with E-state index in [4.69, 9.17) is 5.11 Å². The minimum absolute atomic E-state index is 0.00752. The van der Waals surface area contributed by atoms with Crippen LogP contribution in [0.2, 0.25) is 0 Å². The third-order valence-corrected chi connectivity index (χ3v) is 2.03. The monoisotopic (exact) mass is 235 g/mol. The van der Waals surface area contributed by atoms with Crippen molar-refractivity contribution in [3.8, 4) is 0 Å². The Morgan fingerprint density at radius 1 is 1.44 bits per heavy atom. The molecule has 0 rings (SSSR count). The van der Waals surface area contributed by atoms with Crippen LogP contribution in [-0.2, 0) is 4.79 Å². The van der Waals surface area contributed by atoms with Gasteiger partial charge in [0.2, 0.25) is 0 Å². The molecule has 3 nitrogen and oxygen atoms in total. The van der Waals surface area contributed by atoms with Crippen LogP contribution < -0.4 is 0 Å². The molecule has 0 saturated carbocycles. The number of hydrogen-bond donors (Lipinski definition) is 1. The van der Waals surface area contributed by atoms with Crippen LogP contribution in [0.15, 0.2) is 11.8 Å². The Kier molecular flexibility index (Phi) is 6.88. The van der Waals surface area contributed by atoms with Crippen LogP contribution in [0.1, 0.15) is 19.8 Å². The summed E-state index contributed by atoms with van der Waals surface area (Å²) in [5, 5.41) is 8.90. The predicted octanol–water partition coefficient (Wildman–Crippen LogP) is 1.47. The van der Waals surface area contributed by atoms with Crippen LogP contribution in [-0.4, -0.2) is 48.8 Å². The smallest absolute Gasteiger partial charge is 0.199 e. The van der Waals surface area contributed by atoms with Gasteiger partial charge in [0.1, 0.15) is 6.17 Å². The SMILES string of the molecule is CCCC(F)C(F)C(=O)/C(=C/N(C)C)CO. The van der Waals surface area contributed by atoms with Gasteiger partial charge in [-0.05, 0) is 6.42 Å². The van der Waals surface area contributed by atoms with E-state index in [-0.39, 0.29) is 12.0 Å². The van der Waals surface area contributed by atoms with Gasteiger partial charge in [-0.15, -0.1) is 0 Å². The molecule has 0 aromatic carbocycles. The summed E-state index contributed by atoms with van der Waals surface area (Å²) in [4.78, 5) is 13.0. The molecule has 0 aliphatic heterocycles. The molecule has 0 aromatic heterocycles. The summed E-state index contributed by atoms with van der Waals surface area (Å²) in [5.41, 5.74) is -0.115. The number of hydrogen-bond acceptors (Lipinski definition) is 3. The molecule has 0 aliphatic rings. The fourth-order valence-corrected chi connectivity index (χ4v) is 1.26. The largest absolute Gasteiger partial charge is 0.391 e. The summed E-state index contributed by atoms with van der Waals surface area (Å²) in [6.07, 6.45) is -2.20. The van der Waals surface area contributed by atoms with E-state index in [1.165, 1.54) is 11.1 Å². The molecule has 0 spiro atoms. The molecule has 0 aliphatic carbocycles. The first-order valence-electron chi connectivity index (χ1n) is 5.24. The average molecular weight is 235 g/mol. The van der Waals surface area contributed by atoms with Crippen molar-refractivity contribution in [3.05, 3.63) is 11.8 Å². The second-order valence-electron chi connectivity index (χ2n) is 3.85. The minimum atomic E-state index is -2.18. The van der Waals surface area contributed by atoms with Crippen LogP contribution in [0.4, 0.5) is 8.78 Å². The van der Waals surface area contributed by atoms with Crippen molar-refractivity contribution < 1.29 is 18.7 Å². The van der Waals surface area contributed by atoms with Crippen molar-refractivity contribution in [2.45, 2.75) is 32.1 Å². The summed E-state index contributed by atoms with van der Waals surface area (Å²) in [6.45, 7) is 1.13. The van der Waals surface area contributed by atoms with Crippen molar-refractivity contribution in [2.24, 2.45) is 0 Å². The van der Waals surface area contributed by atoms with E-state index in [9.17, 15) is 13.6 Å². The molecule has 0 radical (unpaired) electrons. The van der Waals surface area contributed by atoms with E-state index in [2.05, 4.69) is 0 Å². The van der Waals surface area contributed by atoms with Crippen LogP contribution in [0, 0.1) is 0 Å². The van der Waals surface area contributed by atoms with Gasteiger partial charge >= 0.3 is 0 Å². The molecule has 0 bridgehead atoms. The van der Waals surface area contributed by atoms with Crippen LogP contribution in [0.5, 0.6) is 0 Å². The molecular weight excluding hydrogens is 216 g/mol. The molecule has 5 heteroatoms. The number of halogens is 2. The van der Waals surface area contributed by atoms with Gasteiger partial charge in [-0.1, -0.05) is 13.3 Å².